The smallest absolute Gasteiger partial charge is 0.0557 e. The molecule has 1 heteroatoms. The van der Waals surface area contributed by atoms with Crippen LogP contribution in [-0.2, 0) is 12.8 Å². The third-order valence-electron chi connectivity index (χ3n) is 4.23. The SMILES string of the molecule is CC(C)c1ccc2c(c1)C(N)c1ccccc1CC2. The second-order valence-corrected chi connectivity index (χ2v) is 5.79. The molecule has 0 spiro atoms. The van der Waals surface area contributed by atoms with Gasteiger partial charge in [-0.2, -0.15) is 0 Å². The van der Waals surface area contributed by atoms with E-state index in [2.05, 4.69) is 56.3 Å². The quantitative estimate of drug-likeness (QED) is 0.815. The molecule has 0 radical (unpaired) electrons. The highest BCUT2D eigenvalue weighted by Gasteiger charge is 2.20. The van der Waals surface area contributed by atoms with E-state index in [9.17, 15) is 0 Å². The Kier molecular flexibility index (Phi) is 3.16. The number of benzene rings is 2. The van der Waals surface area contributed by atoms with Crippen molar-refractivity contribution in [1.82, 2.24) is 0 Å². The van der Waals surface area contributed by atoms with E-state index in [4.69, 9.17) is 5.73 Å². The number of hydrogen-bond donors (Lipinski definition) is 1. The van der Waals surface area contributed by atoms with Crippen LogP contribution in [0.25, 0.3) is 0 Å². The Morgan fingerprint density at radius 2 is 1.63 bits per heavy atom. The number of aryl methyl sites for hydroxylation is 2. The Labute approximate surface area is 115 Å². The van der Waals surface area contributed by atoms with Gasteiger partial charge in [0.15, 0.2) is 0 Å². The molecule has 1 atom stereocenters. The summed E-state index contributed by atoms with van der Waals surface area (Å²) in [6.45, 7) is 4.47. The monoisotopic (exact) mass is 251 g/mol. The van der Waals surface area contributed by atoms with Crippen LogP contribution in [0.15, 0.2) is 42.5 Å². The predicted molar refractivity (Wildman–Crippen MR) is 80.4 cm³/mol. The Hall–Kier alpha value is -1.60. The van der Waals surface area contributed by atoms with Crippen LogP contribution in [0, 0.1) is 0 Å². The maximum atomic E-state index is 6.53. The van der Waals surface area contributed by atoms with Gasteiger partial charge in [-0.3, -0.25) is 0 Å². The van der Waals surface area contributed by atoms with Crippen LogP contribution < -0.4 is 5.73 Å². The van der Waals surface area contributed by atoms with Crippen molar-refractivity contribution in [1.29, 1.82) is 0 Å². The van der Waals surface area contributed by atoms with Gasteiger partial charge in [0.05, 0.1) is 6.04 Å². The fraction of sp³-hybridized carbons (Fsp3) is 0.333. The van der Waals surface area contributed by atoms with Gasteiger partial charge in [-0.1, -0.05) is 56.3 Å². The second-order valence-electron chi connectivity index (χ2n) is 5.79. The average Bonchev–Trinajstić information content (AvgIpc) is 2.57. The minimum absolute atomic E-state index is 0.0207. The van der Waals surface area contributed by atoms with Crippen LogP contribution in [0.1, 0.15) is 53.6 Å². The van der Waals surface area contributed by atoms with Gasteiger partial charge in [-0.05, 0) is 46.6 Å². The standard InChI is InChI=1S/C18H21N/c1-12(2)15-10-9-14-8-7-13-5-3-4-6-16(13)18(19)17(14)11-15/h3-6,9-12,18H,7-8,19H2,1-2H3. The first-order valence-electron chi connectivity index (χ1n) is 7.13. The van der Waals surface area contributed by atoms with E-state index in [0.717, 1.165) is 12.8 Å². The predicted octanol–water partition coefficient (Wildman–Crippen LogP) is 3.96. The molecule has 2 aromatic carbocycles. The van der Waals surface area contributed by atoms with Crippen LogP contribution in [-0.4, -0.2) is 0 Å². The third kappa shape index (κ3) is 2.19. The summed E-state index contributed by atoms with van der Waals surface area (Å²) in [6.07, 6.45) is 2.19. The molecule has 1 unspecified atom stereocenters. The molecule has 0 aliphatic heterocycles. The van der Waals surface area contributed by atoms with E-state index < -0.39 is 0 Å². The summed E-state index contributed by atoms with van der Waals surface area (Å²) in [7, 11) is 0. The van der Waals surface area contributed by atoms with Crippen LogP contribution >= 0.6 is 0 Å². The lowest BCUT2D eigenvalue weighted by atomic mass is 9.91. The number of nitrogens with two attached hydrogens (primary N) is 1. The molecule has 0 fully saturated rings. The first-order valence-corrected chi connectivity index (χ1v) is 7.13. The van der Waals surface area contributed by atoms with Crippen molar-refractivity contribution in [3.8, 4) is 0 Å². The molecular formula is C18H21N. The summed E-state index contributed by atoms with van der Waals surface area (Å²) in [5, 5.41) is 0. The Morgan fingerprint density at radius 3 is 2.37 bits per heavy atom. The molecule has 1 nitrogen and oxygen atoms in total. The van der Waals surface area contributed by atoms with Gasteiger partial charge in [0.25, 0.3) is 0 Å². The molecule has 0 heterocycles. The van der Waals surface area contributed by atoms with Crippen molar-refractivity contribution in [3.05, 3.63) is 70.3 Å². The molecule has 2 aromatic rings. The molecule has 1 aliphatic rings. The number of fused-ring (bicyclic) bond motifs is 2. The maximum absolute atomic E-state index is 6.53. The summed E-state index contributed by atoms with van der Waals surface area (Å²) in [5.41, 5.74) is 13.3. The zero-order chi connectivity index (χ0) is 13.4. The molecular weight excluding hydrogens is 230 g/mol. The maximum Gasteiger partial charge on any atom is 0.0557 e. The Balaban J connectivity index is 2.13. The fourth-order valence-corrected chi connectivity index (χ4v) is 2.99. The Morgan fingerprint density at radius 1 is 0.947 bits per heavy atom. The van der Waals surface area contributed by atoms with Crippen molar-refractivity contribution < 1.29 is 0 Å². The molecule has 0 bridgehead atoms. The number of rotatable bonds is 1. The topological polar surface area (TPSA) is 26.0 Å². The van der Waals surface area contributed by atoms with E-state index in [1.165, 1.54) is 27.8 Å². The fourth-order valence-electron chi connectivity index (χ4n) is 2.99. The molecule has 0 aromatic heterocycles. The average molecular weight is 251 g/mol. The van der Waals surface area contributed by atoms with E-state index in [0.29, 0.717) is 5.92 Å². The third-order valence-corrected chi connectivity index (χ3v) is 4.23. The summed E-state index contributed by atoms with van der Waals surface area (Å²) in [6, 6.07) is 15.5. The van der Waals surface area contributed by atoms with E-state index >= 15 is 0 Å². The minimum Gasteiger partial charge on any atom is -0.320 e. The zero-order valence-electron chi connectivity index (χ0n) is 11.7. The van der Waals surface area contributed by atoms with Crippen LogP contribution in [0.2, 0.25) is 0 Å². The van der Waals surface area contributed by atoms with Crippen LogP contribution in [0.4, 0.5) is 0 Å². The molecule has 2 N–H and O–H groups in total. The summed E-state index contributed by atoms with van der Waals surface area (Å²) in [5.74, 6) is 0.552. The van der Waals surface area contributed by atoms with Gasteiger partial charge in [-0.25, -0.2) is 0 Å². The van der Waals surface area contributed by atoms with Gasteiger partial charge in [0.2, 0.25) is 0 Å². The number of hydrogen-bond acceptors (Lipinski definition) is 1. The van der Waals surface area contributed by atoms with Crippen molar-refractivity contribution in [2.24, 2.45) is 5.73 Å². The first kappa shape index (κ1) is 12.4. The second kappa shape index (κ2) is 4.82. The normalized spacial score (nSPS) is 17.8. The van der Waals surface area contributed by atoms with Crippen molar-refractivity contribution in [3.63, 3.8) is 0 Å². The lowest BCUT2D eigenvalue weighted by Crippen LogP contribution is -2.14. The largest absolute Gasteiger partial charge is 0.320 e. The lowest BCUT2D eigenvalue weighted by molar-refractivity contribution is 0.831. The van der Waals surface area contributed by atoms with Crippen molar-refractivity contribution in [2.75, 3.05) is 0 Å². The summed E-state index contributed by atoms with van der Waals surface area (Å²) in [4.78, 5) is 0. The van der Waals surface area contributed by atoms with Crippen LogP contribution in [0.5, 0.6) is 0 Å². The van der Waals surface area contributed by atoms with Gasteiger partial charge in [0.1, 0.15) is 0 Å². The first-order chi connectivity index (χ1) is 9.16. The van der Waals surface area contributed by atoms with Crippen LogP contribution in [0.3, 0.4) is 0 Å². The van der Waals surface area contributed by atoms with Gasteiger partial charge in [0, 0.05) is 0 Å². The highest BCUT2D eigenvalue weighted by molar-refractivity contribution is 5.45. The minimum atomic E-state index is 0.0207. The van der Waals surface area contributed by atoms with Crippen molar-refractivity contribution in [2.45, 2.75) is 38.6 Å². The highest BCUT2D eigenvalue weighted by atomic mass is 14.6. The molecule has 98 valence electrons. The van der Waals surface area contributed by atoms with Gasteiger partial charge < -0.3 is 5.73 Å². The van der Waals surface area contributed by atoms with E-state index in [1.54, 1.807) is 0 Å². The Bertz CT molecular complexity index is 598. The highest BCUT2D eigenvalue weighted by Crippen LogP contribution is 2.32. The van der Waals surface area contributed by atoms with E-state index in [-0.39, 0.29) is 6.04 Å². The molecule has 19 heavy (non-hydrogen) atoms. The molecule has 3 rings (SSSR count). The zero-order valence-corrected chi connectivity index (χ0v) is 11.7. The molecule has 1 aliphatic carbocycles. The lowest BCUT2D eigenvalue weighted by Gasteiger charge is -2.17. The van der Waals surface area contributed by atoms with Crippen molar-refractivity contribution >= 4 is 0 Å². The molecule has 0 amide bonds. The molecule has 0 saturated carbocycles. The molecule has 0 saturated heterocycles. The van der Waals surface area contributed by atoms with Gasteiger partial charge in [-0.15, -0.1) is 0 Å². The summed E-state index contributed by atoms with van der Waals surface area (Å²) < 4.78 is 0. The van der Waals surface area contributed by atoms with Gasteiger partial charge >= 0.3 is 0 Å². The summed E-state index contributed by atoms with van der Waals surface area (Å²) >= 11 is 0. The van der Waals surface area contributed by atoms with E-state index in [1.807, 2.05) is 0 Å².